The quantitative estimate of drug-likeness (QED) is 0.147. The second kappa shape index (κ2) is 11.8. The number of carbonyl (C=O) groups is 1. The van der Waals surface area contributed by atoms with E-state index >= 15 is 0 Å². The SMILES string of the molecule is CC1(C)OC(=O)c2ccc(Nc3ncc(-c4nnc(CCCCCN)o4)c(N[C@H](CO)c4ccccc4)n3)cc21. The van der Waals surface area contributed by atoms with Gasteiger partial charge in [-0.2, -0.15) is 4.98 Å². The van der Waals surface area contributed by atoms with E-state index in [1.54, 1.807) is 18.3 Å². The van der Waals surface area contributed by atoms with Crippen molar-refractivity contribution in [1.29, 1.82) is 0 Å². The number of ether oxygens (including phenoxy) is 1. The first-order valence-electron chi connectivity index (χ1n) is 13.3. The summed E-state index contributed by atoms with van der Waals surface area (Å²) in [6.07, 6.45) is 5.09. The number of hydrogen-bond acceptors (Lipinski definition) is 11. The van der Waals surface area contributed by atoms with E-state index in [1.165, 1.54) is 0 Å². The summed E-state index contributed by atoms with van der Waals surface area (Å²) in [5, 5.41) is 25.2. The van der Waals surface area contributed by atoms with Crippen LogP contribution in [0.5, 0.6) is 0 Å². The summed E-state index contributed by atoms with van der Waals surface area (Å²) in [7, 11) is 0. The van der Waals surface area contributed by atoms with Gasteiger partial charge in [-0.15, -0.1) is 10.2 Å². The van der Waals surface area contributed by atoms with E-state index in [9.17, 15) is 9.90 Å². The highest BCUT2D eigenvalue weighted by atomic mass is 16.6. The molecule has 11 heteroatoms. The fourth-order valence-corrected chi connectivity index (χ4v) is 4.62. The Balaban J connectivity index is 1.45. The van der Waals surface area contributed by atoms with Crippen LogP contribution in [-0.4, -0.2) is 44.4 Å². The largest absolute Gasteiger partial charge is 0.451 e. The Bertz CT molecular complexity index is 1470. The van der Waals surface area contributed by atoms with Gasteiger partial charge in [-0.1, -0.05) is 36.8 Å². The molecule has 5 rings (SSSR count). The molecule has 0 saturated carbocycles. The van der Waals surface area contributed by atoms with Gasteiger partial charge in [0.1, 0.15) is 11.4 Å². The molecule has 11 nitrogen and oxygen atoms in total. The number of fused-ring (bicyclic) bond motifs is 1. The minimum Gasteiger partial charge on any atom is -0.451 e. The van der Waals surface area contributed by atoms with Gasteiger partial charge in [0.25, 0.3) is 5.89 Å². The maximum Gasteiger partial charge on any atom is 0.339 e. The lowest BCUT2D eigenvalue weighted by molar-refractivity contribution is 0.00954. The van der Waals surface area contributed by atoms with Crippen LogP contribution in [0.25, 0.3) is 11.5 Å². The fourth-order valence-electron chi connectivity index (χ4n) is 4.62. The number of nitrogens with two attached hydrogens (primary N) is 1. The normalized spacial score (nSPS) is 14.4. The molecule has 0 saturated heterocycles. The van der Waals surface area contributed by atoms with Crippen LogP contribution in [0.4, 0.5) is 17.5 Å². The Labute approximate surface area is 232 Å². The number of nitrogens with one attached hydrogen (secondary N) is 2. The van der Waals surface area contributed by atoms with Gasteiger partial charge in [0.2, 0.25) is 11.8 Å². The van der Waals surface area contributed by atoms with Crippen molar-refractivity contribution in [2.75, 3.05) is 23.8 Å². The molecule has 40 heavy (non-hydrogen) atoms. The Kier molecular flexibility index (Phi) is 8.04. The first kappa shape index (κ1) is 27.2. The van der Waals surface area contributed by atoms with Crippen molar-refractivity contribution in [2.45, 2.75) is 51.2 Å². The minimum absolute atomic E-state index is 0.166. The van der Waals surface area contributed by atoms with Crippen molar-refractivity contribution < 1.29 is 19.1 Å². The number of unbranched alkanes of at least 4 members (excludes halogenated alkanes) is 2. The molecule has 3 heterocycles. The standard InChI is InChI=1S/C29H33N7O4/c1-29(2)22-15-19(12-13-20(22)27(38)40-29)32-28-31-16-21(26-36-35-24(39-26)11-7-4-8-14-30)25(34-28)33-23(17-37)18-9-5-3-6-10-18/h3,5-6,9-10,12-13,15-16,23,37H,4,7-8,11,14,17,30H2,1-2H3,(H2,31,32,33,34)/t23-/m1/s1. The average molecular weight is 544 g/mol. The molecular formula is C29H33N7O4. The van der Waals surface area contributed by atoms with Gasteiger partial charge in [0, 0.05) is 23.9 Å². The highest BCUT2D eigenvalue weighted by molar-refractivity contribution is 5.95. The van der Waals surface area contributed by atoms with Gasteiger partial charge in [-0.3, -0.25) is 0 Å². The van der Waals surface area contributed by atoms with Crippen LogP contribution in [0.1, 0.15) is 66.5 Å². The van der Waals surface area contributed by atoms with Crippen LogP contribution in [0.15, 0.2) is 59.1 Å². The Hall–Kier alpha value is -4.35. The van der Waals surface area contributed by atoms with E-state index in [1.807, 2.05) is 50.2 Å². The van der Waals surface area contributed by atoms with Crippen molar-refractivity contribution in [3.05, 3.63) is 77.3 Å². The van der Waals surface area contributed by atoms with Crippen LogP contribution in [0.3, 0.4) is 0 Å². The van der Waals surface area contributed by atoms with Gasteiger partial charge in [0.05, 0.1) is 23.8 Å². The van der Waals surface area contributed by atoms with Gasteiger partial charge in [-0.25, -0.2) is 9.78 Å². The molecule has 1 aliphatic heterocycles. The van der Waals surface area contributed by atoms with E-state index in [0.717, 1.165) is 30.4 Å². The summed E-state index contributed by atoms with van der Waals surface area (Å²) in [5.74, 6) is 1.19. The summed E-state index contributed by atoms with van der Waals surface area (Å²) in [6.45, 7) is 4.19. The van der Waals surface area contributed by atoms with Crippen LogP contribution < -0.4 is 16.4 Å². The van der Waals surface area contributed by atoms with Crippen LogP contribution in [0.2, 0.25) is 0 Å². The molecule has 0 fully saturated rings. The van der Waals surface area contributed by atoms with Crippen molar-refractivity contribution in [3.8, 4) is 11.5 Å². The number of esters is 1. The summed E-state index contributed by atoms with van der Waals surface area (Å²) in [5.41, 5.74) is 8.27. The van der Waals surface area contributed by atoms with Crippen molar-refractivity contribution in [2.24, 2.45) is 5.73 Å². The first-order chi connectivity index (χ1) is 19.4. The molecule has 0 spiro atoms. The second-order valence-corrected chi connectivity index (χ2v) is 10.1. The highest BCUT2D eigenvalue weighted by Crippen LogP contribution is 2.38. The molecule has 0 amide bonds. The highest BCUT2D eigenvalue weighted by Gasteiger charge is 2.37. The summed E-state index contributed by atoms with van der Waals surface area (Å²) in [4.78, 5) is 21.4. The average Bonchev–Trinajstić information content (AvgIpc) is 3.51. The number of cyclic esters (lactones) is 1. The monoisotopic (exact) mass is 543 g/mol. The number of aromatic nitrogens is 4. The Morgan fingerprint density at radius 2 is 1.88 bits per heavy atom. The Morgan fingerprint density at radius 1 is 1.05 bits per heavy atom. The zero-order valence-electron chi connectivity index (χ0n) is 22.6. The molecule has 4 aromatic rings. The van der Waals surface area contributed by atoms with E-state index < -0.39 is 11.6 Å². The van der Waals surface area contributed by atoms with E-state index in [4.69, 9.17) is 19.9 Å². The lowest BCUT2D eigenvalue weighted by Gasteiger charge is -2.20. The van der Waals surface area contributed by atoms with Crippen LogP contribution in [0, 0.1) is 0 Å². The number of benzene rings is 2. The number of rotatable bonds is 12. The van der Waals surface area contributed by atoms with Crippen molar-refractivity contribution in [1.82, 2.24) is 20.2 Å². The molecule has 1 atom stereocenters. The molecule has 2 aromatic carbocycles. The van der Waals surface area contributed by atoms with Crippen LogP contribution in [-0.2, 0) is 16.8 Å². The van der Waals surface area contributed by atoms with Crippen LogP contribution >= 0.6 is 0 Å². The lowest BCUT2D eigenvalue weighted by Crippen LogP contribution is -2.17. The van der Waals surface area contributed by atoms with Crippen molar-refractivity contribution in [3.63, 3.8) is 0 Å². The number of aliphatic hydroxyl groups excluding tert-OH is 1. The lowest BCUT2D eigenvalue weighted by atomic mass is 9.95. The number of aliphatic hydroxyl groups is 1. The summed E-state index contributed by atoms with van der Waals surface area (Å²) < 4.78 is 11.4. The molecule has 0 bridgehead atoms. The predicted octanol–water partition coefficient (Wildman–Crippen LogP) is 4.49. The van der Waals surface area contributed by atoms with Gasteiger partial charge >= 0.3 is 5.97 Å². The maximum absolute atomic E-state index is 12.2. The zero-order valence-corrected chi connectivity index (χ0v) is 22.6. The van der Waals surface area contributed by atoms with Gasteiger partial charge < -0.3 is 30.6 Å². The number of nitrogens with zero attached hydrogens (tertiary/aromatic N) is 4. The third kappa shape index (κ3) is 5.95. The number of anilines is 3. The first-order valence-corrected chi connectivity index (χ1v) is 13.3. The molecule has 0 unspecified atom stereocenters. The molecule has 0 radical (unpaired) electrons. The number of aryl methyl sites for hydroxylation is 1. The summed E-state index contributed by atoms with van der Waals surface area (Å²) >= 11 is 0. The third-order valence-electron chi connectivity index (χ3n) is 6.77. The number of hydrogen-bond donors (Lipinski definition) is 4. The van der Waals surface area contributed by atoms with E-state index in [-0.39, 0.29) is 18.5 Å². The van der Waals surface area contributed by atoms with E-state index in [0.29, 0.717) is 47.4 Å². The molecule has 5 N–H and O–H groups in total. The zero-order chi connectivity index (χ0) is 28.1. The molecule has 2 aromatic heterocycles. The fraction of sp³-hybridized carbons (Fsp3) is 0.345. The third-order valence-corrected chi connectivity index (χ3v) is 6.77. The smallest absolute Gasteiger partial charge is 0.339 e. The van der Waals surface area contributed by atoms with E-state index in [2.05, 4.69) is 25.8 Å². The second-order valence-electron chi connectivity index (χ2n) is 10.1. The van der Waals surface area contributed by atoms with Gasteiger partial charge in [0.15, 0.2) is 0 Å². The molecule has 1 aliphatic rings. The molecular weight excluding hydrogens is 510 g/mol. The predicted molar refractivity (Wildman–Crippen MR) is 150 cm³/mol. The minimum atomic E-state index is -0.731. The number of carbonyl (C=O) groups excluding carboxylic acids is 1. The topological polar surface area (TPSA) is 161 Å². The molecule has 208 valence electrons. The maximum atomic E-state index is 12.2. The summed E-state index contributed by atoms with van der Waals surface area (Å²) in [6, 6.07) is 14.5. The van der Waals surface area contributed by atoms with Gasteiger partial charge in [-0.05, 0) is 57.0 Å². The Morgan fingerprint density at radius 3 is 2.65 bits per heavy atom. The molecule has 0 aliphatic carbocycles. The van der Waals surface area contributed by atoms with Crippen molar-refractivity contribution >= 4 is 23.4 Å².